The third-order valence-corrected chi connectivity index (χ3v) is 3.79. The summed E-state index contributed by atoms with van der Waals surface area (Å²) < 4.78 is 5.37. The van der Waals surface area contributed by atoms with Crippen molar-refractivity contribution in [2.24, 2.45) is 0 Å². The Balaban J connectivity index is 1.94. The van der Waals surface area contributed by atoms with E-state index in [1.165, 1.54) is 0 Å². The molecular formula is C19H24N2O2. The number of nitrogens with zero attached hydrogens (tertiary/aromatic N) is 1. The number of rotatable bonds is 6. The quantitative estimate of drug-likeness (QED) is 0.888. The zero-order chi connectivity index (χ0) is 16.8. The predicted molar refractivity (Wildman–Crippen MR) is 91.6 cm³/mol. The Morgan fingerprint density at radius 2 is 1.87 bits per heavy atom. The molecule has 1 aromatic heterocycles. The van der Waals surface area contributed by atoms with Crippen LogP contribution in [0.1, 0.15) is 41.8 Å². The van der Waals surface area contributed by atoms with Crippen molar-refractivity contribution in [1.29, 1.82) is 0 Å². The fraction of sp³-hybridized carbons (Fsp3) is 0.368. The van der Waals surface area contributed by atoms with Crippen LogP contribution in [0.3, 0.4) is 0 Å². The van der Waals surface area contributed by atoms with E-state index in [0.29, 0.717) is 13.0 Å². The maximum atomic E-state index is 12.2. The summed E-state index contributed by atoms with van der Waals surface area (Å²) >= 11 is 0. The number of carbonyl (C=O) groups is 1. The van der Waals surface area contributed by atoms with Crippen molar-refractivity contribution in [3.05, 3.63) is 58.9 Å². The number of pyridine rings is 1. The van der Waals surface area contributed by atoms with Gasteiger partial charge in [-0.1, -0.05) is 25.1 Å². The van der Waals surface area contributed by atoms with Gasteiger partial charge in [0, 0.05) is 24.4 Å². The first-order chi connectivity index (χ1) is 11.0. The zero-order valence-electron chi connectivity index (χ0n) is 14.2. The molecule has 0 radical (unpaired) electrons. The average molecular weight is 312 g/mol. The largest absolute Gasteiger partial charge is 0.496 e. The first kappa shape index (κ1) is 17.0. The summed E-state index contributed by atoms with van der Waals surface area (Å²) in [5.41, 5.74) is 4.07. The summed E-state index contributed by atoms with van der Waals surface area (Å²) in [6, 6.07) is 11.8. The second-order valence-electron chi connectivity index (χ2n) is 5.88. The molecule has 0 aliphatic carbocycles. The van der Waals surface area contributed by atoms with Crippen LogP contribution in [0, 0.1) is 13.8 Å². The number of methoxy groups -OCH3 is 1. The molecule has 0 aliphatic heterocycles. The number of nitrogens with one attached hydrogen (secondary N) is 1. The van der Waals surface area contributed by atoms with Gasteiger partial charge in [0.25, 0.3) is 0 Å². The lowest BCUT2D eigenvalue weighted by Crippen LogP contribution is -2.24. The van der Waals surface area contributed by atoms with Gasteiger partial charge in [0.05, 0.1) is 7.11 Å². The van der Waals surface area contributed by atoms with Gasteiger partial charge in [-0.25, -0.2) is 0 Å². The number of hydrogen-bond donors (Lipinski definition) is 1. The monoisotopic (exact) mass is 312 g/mol. The third kappa shape index (κ3) is 4.81. The van der Waals surface area contributed by atoms with Crippen molar-refractivity contribution in [2.45, 2.75) is 39.7 Å². The van der Waals surface area contributed by atoms with Gasteiger partial charge in [-0.3, -0.25) is 9.78 Å². The molecule has 1 heterocycles. The molecule has 0 spiro atoms. The molecule has 0 saturated heterocycles. The Bertz CT molecular complexity index is 663. The van der Waals surface area contributed by atoms with E-state index in [-0.39, 0.29) is 11.8 Å². The van der Waals surface area contributed by atoms with Crippen molar-refractivity contribution < 1.29 is 9.53 Å². The van der Waals surface area contributed by atoms with Crippen LogP contribution >= 0.6 is 0 Å². The standard InChI is InChI=1S/C19H24N2O2/c1-13(17-7-5-6-8-18(17)23-4)9-19(22)20-12-16-10-14(2)21-15(3)11-16/h5-8,10-11,13H,9,12H2,1-4H3,(H,20,22). The lowest BCUT2D eigenvalue weighted by Gasteiger charge is -2.15. The fourth-order valence-electron chi connectivity index (χ4n) is 2.76. The summed E-state index contributed by atoms with van der Waals surface area (Å²) in [5.74, 6) is 0.968. The molecule has 4 nitrogen and oxygen atoms in total. The van der Waals surface area contributed by atoms with Gasteiger partial charge in [-0.05, 0) is 49.1 Å². The second kappa shape index (κ2) is 7.77. The molecule has 23 heavy (non-hydrogen) atoms. The number of amides is 1. The van der Waals surface area contributed by atoms with E-state index in [1.54, 1.807) is 7.11 Å². The molecule has 4 heteroatoms. The maximum absolute atomic E-state index is 12.2. The van der Waals surface area contributed by atoms with Crippen molar-refractivity contribution in [2.75, 3.05) is 7.11 Å². The van der Waals surface area contributed by atoms with Crippen LogP contribution in [0.2, 0.25) is 0 Å². The number of para-hydroxylation sites is 1. The minimum absolute atomic E-state index is 0.0375. The summed E-state index contributed by atoms with van der Waals surface area (Å²) in [6.45, 7) is 6.49. The Morgan fingerprint density at radius 3 is 2.52 bits per heavy atom. The van der Waals surface area contributed by atoms with Gasteiger partial charge in [0.1, 0.15) is 5.75 Å². The van der Waals surface area contributed by atoms with E-state index in [9.17, 15) is 4.79 Å². The molecule has 2 rings (SSSR count). The van der Waals surface area contributed by atoms with Gasteiger partial charge >= 0.3 is 0 Å². The highest BCUT2D eigenvalue weighted by molar-refractivity contribution is 5.77. The van der Waals surface area contributed by atoms with Gasteiger partial charge in [0.15, 0.2) is 0 Å². The molecule has 1 atom stereocenters. The van der Waals surface area contributed by atoms with E-state index in [0.717, 1.165) is 28.3 Å². The first-order valence-electron chi connectivity index (χ1n) is 7.83. The zero-order valence-corrected chi connectivity index (χ0v) is 14.2. The molecule has 0 aliphatic rings. The molecular weight excluding hydrogens is 288 g/mol. The molecule has 1 aromatic carbocycles. The van der Waals surface area contributed by atoms with Crippen LogP contribution in [0.4, 0.5) is 0 Å². The smallest absolute Gasteiger partial charge is 0.220 e. The Kier molecular flexibility index (Phi) is 5.74. The molecule has 1 amide bonds. The van der Waals surface area contributed by atoms with Crippen LogP contribution in [0.5, 0.6) is 5.75 Å². The highest BCUT2D eigenvalue weighted by Crippen LogP contribution is 2.28. The number of hydrogen-bond acceptors (Lipinski definition) is 3. The van der Waals surface area contributed by atoms with Crippen molar-refractivity contribution in [1.82, 2.24) is 10.3 Å². The van der Waals surface area contributed by atoms with E-state index in [4.69, 9.17) is 4.74 Å². The van der Waals surface area contributed by atoms with E-state index in [2.05, 4.69) is 10.3 Å². The van der Waals surface area contributed by atoms with Crippen molar-refractivity contribution in [3.8, 4) is 5.75 Å². The van der Waals surface area contributed by atoms with Gasteiger partial charge in [0.2, 0.25) is 5.91 Å². The minimum Gasteiger partial charge on any atom is -0.496 e. The normalized spacial score (nSPS) is 11.8. The summed E-state index contributed by atoms with van der Waals surface area (Å²) in [4.78, 5) is 16.5. The van der Waals surface area contributed by atoms with Crippen LogP contribution < -0.4 is 10.1 Å². The lowest BCUT2D eigenvalue weighted by molar-refractivity contribution is -0.121. The number of benzene rings is 1. The predicted octanol–water partition coefficient (Wildman–Crippen LogP) is 3.52. The van der Waals surface area contributed by atoms with E-state index in [1.807, 2.05) is 57.2 Å². The topological polar surface area (TPSA) is 51.2 Å². The highest BCUT2D eigenvalue weighted by Gasteiger charge is 2.14. The average Bonchev–Trinajstić information content (AvgIpc) is 2.52. The number of aryl methyl sites for hydroxylation is 2. The molecule has 0 fully saturated rings. The Hall–Kier alpha value is -2.36. The number of ether oxygens (including phenoxy) is 1. The summed E-state index contributed by atoms with van der Waals surface area (Å²) in [5, 5.41) is 2.98. The molecule has 2 aromatic rings. The molecule has 1 N–H and O–H groups in total. The minimum atomic E-state index is 0.0375. The van der Waals surface area contributed by atoms with Crippen LogP contribution in [0.25, 0.3) is 0 Å². The first-order valence-corrected chi connectivity index (χ1v) is 7.83. The fourth-order valence-corrected chi connectivity index (χ4v) is 2.76. The lowest BCUT2D eigenvalue weighted by atomic mass is 9.96. The third-order valence-electron chi connectivity index (χ3n) is 3.79. The molecule has 0 bridgehead atoms. The number of aromatic nitrogens is 1. The van der Waals surface area contributed by atoms with Crippen LogP contribution in [-0.4, -0.2) is 18.0 Å². The maximum Gasteiger partial charge on any atom is 0.220 e. The Morgan fingerprint density at radius 1 is 1.22 bits per heavy atom. The molecule has 0 saturated carbocycles. The van der Waals surface area contributed by atoms with E-state index < -0.39 is 0 Å². The molecule has 122 valence electrons. The summed E-state index contributed by atoms with van der Waals surface area (Å²) in [7, 11) is 1.65. The SMILES string of the molecule is COc1ccccc1C(C)CC(=O)NCc1cc(C)nc(C)c1. The van der Waals surface area contributed by atoms with Crippen LogP contribution in [-0.2, 0) is 11.3 Å². The highest BCUT2D eigenvalue weighted by atomic mass is 16.5. The molecule has 1 unspecified atom stereocenters. The summed E-state index contributed by atoms with van der Waals surface area (Å²) in [6.07, 6.45) is 0.434. The van der Waals surface area contributed by atoms with E-state index >= 15 is 0 Å². The van der Waals surface area contributed by atoms with Crippen molar-refractivity contribution >= 4 is 5.91 Å². The Labute approximate surface area is 137 Å². The van der Waals surface area contributed by atoms with Crippen LogP contribution in [0.15, 0.2) is 36.4 Å². The number of carbonyl (C=O) groups excluding carboxylic acids is 1. The second-order valence-corrected chi connectivity index (χ2v) is 5.88. The van der Waals surface area contributed by atoms with Gasteiger partial charge in [-0.15, -0.1) is 0 Å². The van der Waals surface area contributed by atoms with Gasteiger partial charge < -0.3 is 10.1 Å². The van der Waals surface area contributed by atoms with Crippen molar-refractivity contribution in [3.63, 3.8) is 0 Å². The van der Waals surface area contributed by atoms with Gasteiger partial charge in [-0.2, -0.15) is 0 Å².